The van der Waals surface area contributed by atoms with Crippen molar-refractivity contribution in [1.29, 1.82) is 0 Å². The van der Waals surface area contributed by atoms with Crippen LogP contribution in [0.5, 0.6) is 0 Å². The van der Waals surface area contributed by atoms with Crippen molar-refractivity contribution >= 4 is 11.7 Å². The van der Waals surface area contributed by atoms with Gasteiger partial charge in [-0.2, -0.15) is 0 Å². The summed E-state index contributed by atoms with van der Waals surface area (Å²) in [5.41, 5.74) is 2.20. The molecule has 1 aliphatic heterocycles. The molecule has 0 spiro atoms. The lowest BCUT2D eigenvalue weighted by Gasteiger charge is -2.25. The van der Waals surface area contributed by atoms with Gasteiger partial charge in [0.05, 0.1) is 0 Å². The van der Waals surface area contributed by atoms with E-state index in [-0.39, 0.29) is 0 Å². The molecule has 1 saturated heterocycles. The monoisotopic (exact) mass is 288 g/mol. The summed E-state index contributed by atoms with van der Waals surface area (Å²) in [6.45, 7) is 9.60. The van der Waals surface area contributed by atoms with Crippen molar-refractivity contribution < 1.29 is 4.79 Å². The fourth-order valence-corrected chi connectivity index (χ4v) is 3.00. The predicted molar refractivity (Wildman–Crippen MR) is 82.4 cm³/mol. The van der Waals surface area contributed by atoms with Crippen molar-refractivity contribution in [3.63, 3.8) is 0 Å². The third-order valence-electron chi connectivity index (χ3n) is 4.51. The fourth-order valence-electron chi connectivity index (χ4n) is 3.00. The molecule has 1 saturated carbocycles. The van der Waals surface area contributed by atoms with Gasteiger partial charge in [-0.05, 0) is 40.0 Å². The summed E-state index contributed by atoms with van der Waals surface area (Å²) in [6.07, 6.45) is 3.19. The van der Waals surface area contributed by atoms with Crippen LogP contribution >= 0.6 is 0 Å². The molecular weight excluding hydrogens is 264 g/mol. The molecule has 5 heteroatoms. The van der Waals surface area contributed by atoms with E-state index in [2.05, 4.69) is 21.8 Å². The van der Waals surface area contributed by atoms with Crippen molar-refractivity contribution in [2.45, 2.75) is 40.0 Å². The normalized spacial score (nSPS) is 19.6. The minimum atomic E-state index is 0.321. The van der Waals surface area contributed by atoms with Gasteiger partial charge >= 0.3 is 0 Å². The molecule has 0 radical (unpaired) electrons. The Morgan fingerprint density at radius 2 is 1.81 bits per heavy atom. The maximum Gasteiger partial charge on any atom is 0.225 e. The minimum absolute atomic E-state index is 0.321. The number of nitrogens with zero attached hydrogens (tertiary/aromatic N) is 4. The Balaban J connectivity index is 1.74. The molecule has 2 aliphatic rings. The third kappa shape index (κ3) is 3.01. The molecular formula is C16H24N4O. The van der Waals surface area contributed by atoms with E-state index in [1.807, 2.05) is 18.7 Å². The average Bonchev–Trinajstić information content (AvgIpc) is 3.27. The summed E-state index contributed by atoms with van der Waals surface area (Å²) in [5, 5.41) is 0. The number of amides is 1. The van der Waals surface area contributed by atoms with E-state index >= 15 is 0 Å². The van der Waals surface area contributed by atoms with Crippen LogP contribution in [0.15, 0.2) is 0 Å². The molecule has 0 atom stereocenters. The number of carbonyl (C=O) groups is 1. The number of hydrogen-bond donors (Lipinski definition) is 0. The van der Waals surface area contributed by atoms with Gasteiger partial charge in [-0.1, -0.05) is 0 Å². The quantitative estimate of drug-likeness (QED) is 0.833. The highest BCUT2D eigenvalue weighted by molar-refractivity contribution is 5.81. The highest BCUT2D eigenvalue weighted by Crippen LogP contribution is 2.31. The molecule has 1 aliphatic carbocycles. The Kier molecular flexibility index (Phi) is 3.83. The van der Waals surface area contributed by atoms with E-state index in [1.54, 1.807) is 0 Å². The molecule has 2 fully saturated rings. The predicted octanol–water partition coefficient (Wildman–Crippen LogP) is 1.85. The first-order chi connectivity index (χ1) is 10.1. The Bertz CT molecular complexity index is 553. The van der Waals surface area contributed by atoms with Gasteiger partial charge in [-0.25, -0.2) is 9.97 Å². The van der Waals surface area contributed by atoms with Gasteiger partial charge in [0, 0.05) is 43.4 Å². The van der Waals surface area contributed by atoms with Crippen molar-refractivity contribution in [3.05, 3.63) is 17.1 Å². The molecule has 1 aromatic heterocycles. The molecule has 0 bridgehead atoms. The van der Waals surface area contributed by atoms with Crippen LogP contribution in [0.25, 0.3) is 0 Å². The van der Waals surface area contributed by atoms with E-state index in [9.17, 15) is 4.79 Å². The molecule has 1 aromatic rings. The molecule has 0 N–H and O–H groups in total. The maximum atomic E-state index is 12.2. The summed E-state index contributed by atoms with van der Waals surface area (Å²) < 4.78 is 0. The van der Waals surface area contributed by atoms with E-state index in [0.29, 0.717) is 11.8 Å². The van der Waals surface area contributed by atoms with Crippen LogP contribution in [0.1, 0.15) is 36.3 Å². The van der Waals surface area contributed by atoms with E-state index in [0.717, 1.165) is 68.3 Å². The number of rotatable bonds is 2. The van der Waals surface area contributed by atoms with Crippen LogP contribution in [0.3, 0.4) is 0 Å². The summed E-state index contributed by atoms with van der Waals surface area (Å²) >= 11 is 0. The van der Waals surface area contributed by atoms with Gasteiger partial charge in [0.1, 0.15) is 11.6 Å². The van der Waals surface area contributed by atoms with Crippen LogP contribution in [0.2, 0.25) is 0 Å². The zero-order valence-corrected chi connectivity index (χ0v) is 13.2. The minimum Gasteiger partial charge on any atom is -0.354 e. The van der Waals surface area contributed by atoms with Gasteiger partial charge in [0.15, 0.2) is 0 Å². The van der Waals surface area contributed by atoms with E-state index < -0.39 is 0 Å². The zero-order chi connectivity index (χ0) is 15.0. The van der Waals surface area contributed by atoms with E-state index in [4.69, 9.17) is 0 Å². The molecule has 0 unspecified atom stereocenters. The smallest absolute Gasteiger partial charge is 0.225 e. The van der Waals surface area contributed by atoms with Crippen molar-refractivity contribution in [1.82, 2.24) is 14.9 Å². The molecule has 5 nitrogen and oxygen atoms in total. The third-order valence-corrected chi connectivity index (χ3v) is 4.51. The second-order valence-electron chi connectivity index (χ2n) is 6.24. The van der Waals surface area contributed by atoms with Crippen LogP contribution < -0.4 is 4.90 Å². The fraction of sp³-hybridized carbons (Fsp3) is 0.688. The zero-order valence-electron chi connectivity index (χ0n) is 13.2. The van der Waals surface area contributed by atoms with Crippen LogP contribution in [0.4, 0.5) is 5.82 Å². The second-order valence-corrected chi connectivity index (χ2v) is 6.24. The van der Waals surface area contributed by atoms with Crippen molar-refractivity contribution in [2.24, 2.45) is 5.92 Å². The molecule has 114 valence electrons. The highest BCUT2D eigenvalue weighted by Gasteiger charge is 2.34. The van der Waals surface area contributed by atoms with Gasteiger partial charge < -0.3 is 9.80 Å². The summed E-state index contributed by atoms with van der Waals surface area (Å²) in [4.78, 5) is 25.6. The Morgan fingerprint density at radius 3 is 2.52 bits per heavy atom. The number of hydrogen-bond acceptors (Lipinski definition) is 4. The van der Waals surface area contributed by atoms with E-state index in [1.165, 1.54) is 0 Å². The molecule has 21 heavy (non-hydrogen) atoms. The lowest BCUT2D eigenvalue weighted by atomic mass is 10.2. The number of anilines is 1. The Hall–Kier alpha value is -1.65. The summed E-state index contributed by atoms with van der Waals surface area (Å²) in [5.74, 6) is 2.55. The summed E-state index contributed by atoms with van der Waals surface area (Å²) in [7, 11) is 0. The second kappa shape index (κ2) is 5.62. The lowest BCUT2D eigenvalue weighted by Crippen LogP contribution is -2.36. The Morgan fingerprint density at radius 1 is 1.05 bits per heavy atom. The van der Waals surface area contributed by atoms with Gasteiger partial charge in [0.2, 0.25) is 5.91 Å². The Labute approximate surface area is 126 Å². The largest absolute Gasteiger partial charge is 0.354 e. The number of aryl methyl sites for hydroxylation is 2. The topological polar surface area (TPSA) is 49.3 Å². The molecule has 0 aromatic carbocycles. The van der Waals surface area contributed by atoms with Gasteiger partial charge in [-0.3, -0.25) is 4.79 Å². The van der Waals surface area contributed by atoms with Gasteiger partial charge in [-0.15, -0.1) is 0 Å². The SMILES string of the molecule is Cc1nc(C)c(C)c(N2CCCN(C(=O)C3CC3)CC2)n1. The maximum absolute atomic E-state index is 12.2. The van der Waals surface area contributed by atoms with Crippen LogP contribution in [0, 0.1) is 26.7 Å². The first kappa shape index (κ1) is 14.3. The first-order valence-electron chi connectivity index (χ1n) is 7.92. The molecule has 3 rings (SSSR count). The average molecular weight is 288 g/mol. The summed E-state index contributed by atoms with van der Waals surface area (Å²) in [6, 6.07) is 0. The number of carbonyl (C=O) groups excluding carboxylic acids is 1. The molecule has 1 amide bonds. The van der Waals surface area contributed by atoms with Crippen molar-refractivity contribution in [2.75, 3.05) is 31.1 Å². The van der Waals surface area contributed by atoms with Gasteiger partial charge in [0.25, 0.3) is 0 Å². The standard InChI is InChI=1S/C16H24N4O/c1-11-12(2)17-13(3)18-15(11)19-7-4-8-20(10-9-19)16(21)14-5-6-14/h14H,4-10H2,1-3H3. The van der Waals surface area contributed by atoms with Crippen molar-refractivity contribution in [3.8, 4) is 0 Å². The van der Waals surface area contributed by atoms with Crippen LogP contribution in [-0.4, -0.2) is 47.0 Å². The number of aromatic nitrogens is 2. The lowest BCUT2D eigenvalue weighted by molar-refractivity contribution is -0.132. The first-order valence-corrected chi connectivity index (χ1v) is 7.92. The highest BCUT2D eigenvalue weighted by atomic mass is 16.2. The molecule has 2 heterocycles. The van der Waals surface area contributed by atoms with Crippen LogP contribution in [-0.2, 0) is 4.79 Å².